The van der Waals surface area contributed by atoms with Gasteiger partial charge < -0.3 is 10.2 Å². The Bertz CT molecular complexity index is 383. The van der Waals surface area contributed by atoms with Crippen molar-refractivity contribution in [2.24, 2.45) is 0 Å². The van der Waals surface area contributed by atoms with E-state index < -0.39 is 0 Å². The van der Waals surface area contributed by atoms with Crippen molar-refractivity contribution in [2.45, 2.75) is 32.6 Å². The smallest absolute Gasteiger partial charge is 0.261 e. The van der Waals surface area contributed by atoms with Gasteiger partial charge in [0, 0.05) is 11.4 Å². The van der Waals surface area contributed by atoms with Gasteiger partial charge in [0.05, 0.1) is 4.88 Å². The summed E-state index contributed by atoms with van der Waals surface area (Å²) >= 11 is 1.56. The molecule has 0 aromatic carbocycles. The van der Waals surface area contributed by atoms with E-state index in [1.165, 1.54) is 37.2 Å². The minimum atomic E-state index is 0.0757. The number of nitrogens with zero attached hydrogens (tertiary/aromatic N) is 1. The Morgan fingerprint density at radius 1 is 1.33 bits per heavy atom. The lowest BCUT2D eigenvalue weighted by atomic mass is 10.1. The number of piperidine rings is 1. The molecule has 0 spiro atoms. The standard InChI is InChI=1S/C14H22N2OS/c1-12-6-7-13(18-12)14(17)15-8-5-11-16-9-3-2-4-10-16/h6-7H,2-5,8-11H2,1H3,(H,15,17). The van der Waals surface area contributed by atoms with Crippen LogP contribution in [0.3, 0.4) is 0 Å². The highest BCUT2D eigenvalue weighted by atomic mass is 32.1. The Morgan fingerprint density at radius 3 is 2.78 bits per heavy atom. The van der Waals surface area contributed by atoms with E-state index in [0.29, 0.717) is 0 Å². The highest BCUT2D eigenvalue weighted by Gasteiger charge is 2.10. The zero-order chi connectivity index (χ0) is 12.8. The fourth-order valence-corrected chi connectivity index (χ4v) is 3.12. The number of hydrogen-bond donors (Lipinski definition) is 1. The molecule has 0 bridgehead atoms. The molecule has 1 saturated heterocycles. The summed E-state index contributed by atoms with van der Waals surface area (Å²) in [5, 5.41) is 3.00. The second-order valence-corrected chi connectivity index (χ2v) is 6.21. The maximum atomic E-state index is 11.8. The molecule has 2 heterocycles. The van der Waals surface area contributed by atoms with Crippen LogP contribution >= 0.6 is 11.3 Å². The SMILES string of the molecule is Cc1ccc(C(=O)NCCCN2CCCCC2)s1. The lowest BCUT2D eigenvalue weighted by molar-refractivity contribution is 0.0955. The minimum absolute atomic E-state index is 0.0757. The van der Waals surface area contributed by atoms with Crippen molar-refractivity contribution in [1.82, 2.24) is 10.2 Å². The van der Waals surface area contributed by atoms with Crippen molar-refractivity contribution in [3.63, 3.8) is 0 Å². The van der Waals surface area contributed by atoms with Crippen molar-refractivity contribution in [3.8, 4) is 0 Å². The molecule has 1 aliphatic heterocycles. The van der Waals surface area contributed by atoms with Gasteiger partial charge in [-0.1, -0.05) is 6.42 Å². The molecule has 1 aromatic rings. The second kappa shape index (κ2) is 6.90. The van der Waals surface area contributed by atoms with E-state index in [2.05, 4.69) is 10.2 Å². The third kappa shape index (κ3) is 4.10. The van der Waals surface area contributed by atoms with E-state index in [9.17, 15) is 4.79 Å². The van der Waals surface area contributed by atoms with Crippen molar-refractivity contribution in [1.29, 1.82) is 0 Å². The number of rotatable bonds is 5. The Morgan fingerprint density at radius 2 is 2.11 bits per heavy atom. The van der Waals surface area contributed by atoms with Crippen molar-refractivity contribution >= 4 is 17.2 Å². The number of aryl methyl sites for hydroxylation is 1. The van der Waals surface area contributed by atoms with Gasteiger partial charge in [-0.2, -0.15) is 0 Å². The predicted octanol–water partition coefficient (Wildman–Crippen LogP) is 2.66. The molecule has 0 aliphatic carbocycles. The number of amides is 1. The molecule has 0 unspecified atom stereocenters. The average Bonchev–Trinajstić information content (AvgIpc) is 2.82. The maximum Gasteiger partial charge on any atom is 0.261 e. The van der Waals surface area contributed by atoms with Crippen LogP contribution in [0.4, 0.5) is 0 Å². The Kier molecular flexibility index (Phi) is 5.20. The first-order chi connectivity index (χ1) is 8.75. The van der Waals surface area contributed by atoms with Crippen LogP contribution in [0.5, 0.6) is 0 Å². The molecule has 0 atom stereocenters. The molecule has 1 amide bonds. The van der Waals surface area contributed by atoms with E-state index in [4.69, 9.17) is 0 Å². The highest BCUT2D eigenvalue weighted by molar-refractivity contribution is 7.13. The Balaban J connectivity index is 1.61. The fourth-order valence-electron chi connectivity index (χ4n) is 2.33. The number of nitrogens with one attached hydrogen (secondary N) is 1. The molecule has 0 radical (unpaired) electrons. The summed E-state index contributed by atoms with van der Waals surface area (Å²) in [6.45, 7) is 6.39. The van der Waals surface area contributed by atoms with Crippen LogP contribution in [0.2, 0.25) is 0 Å². The third-order valence-electron chi connectivity index (χ3n) is 3.35. The highest BCUT2D eigenvalue weighted by Crippen LogP contribution is 2.14. The van der Waals surface area contributed by atoms with Gasteiger partial charge in [-0.05, 0) is 58.0 Å². The molecule has 1 N–H and O–H groups in total. The first kappa shape index (κ1) is 13.6. The van der Waals surface area contributed by atoms with Gasteiger partial charge >= 0.3 is 0 Å². The Hall–Kier alpha value is -0.870. The van der Waals surface area contributed by atoms with Gasteiger partial charge in [0.25, 0.3) is 5.91 Å². The first-order valence-corrected chi connectivity index (χ1v) is 7.64. The van der Waals surface area contributed by atoms with E-state index in [1.54, 1.807) is 11.3 Å². The molecule has 18 heavy (non-hydrogen) atoms. The lowest BCUT2D eigenvalue weighted by Crippen LogP contribution is -2.33. The summed E-state index contributed by atoms with van der Waals surface area (Å²) < 4.78 is 0. The molecule has 3 nitrogen and oxygen atoms in total. The molecule has 1 aliphatic rings. The molecule has 100 valence electrons. The molecular weight excluding hydrogens is 244 g/mol. The largest absolute Gasteiger partial charge is 0.351 e. The number of hydrogen-bond acceptors (Lipinski definition) is 3. The third-order valence-corrected chi connectivity index (χ3v) is 4.35. The van der Waals surface area contributed by atoms with Crippen LogP contribution < -0.4 is 5.32 Å². The fraction of sp³-hybridized carbons (Fsp3) is 0.643. The van der Waals surface area contributed by atoms with Gasteiger partial charge in [-0.25, -0.2) is 0 Å². The second-order valence-electron chi connectivity index (χ2n) is 4.92. The van der Waals surface area contributed by atoms with Crippen molar-refractivity contribution in [3.05, 3.63) is 21.9 Å². The van der Waals surface area contributed by atoms with E-state index in [1.807, 2.05) is 19.1 Å². The van der Waals surface area contributed by atoms with E-state index in [0.717, 1.165) is 24.4 Å². The van der Waals surface area contributed by atoms with Crippen LogP contribution in [0.1, 0.15) is 40.2 Å². The Labute approximate surface area is 113 Å². The molecule has 4 heteroatoms. The zero-order valence-electron chi connectivity index (χ0n) is 11.1. The van der Waals surface area contributed by atoms with Gasteiger partial charge in [-0.15, -0.1) is 11.3 Å². The van der Waals surface area contributed by atoms with Crippen molar-refractivity contribution < 1.29 is 4.79 Å². The van der Waals surface area contributed by atoms with E-state index >= 15 is 0 Å². The summed E-state index contributed by atoms with van der Waals surface area (Å²) in [4.78, 5) is 16.3. The monoisotopic (exact) mass is 266 g/mol. The number of thiophene rings is 1. The molecule has 0 saturated carbocycles. The van der Waals surface area contributed by atoms with Gasteiger partial charge in [-0.3, -0.25) is 4.79 Å². The molecular formula is C14H22N2OS. The summed E-state index contributed by atoms with van der Waals surface area (Å²) in [6, 6.07) is 3.90. The van der Waals surface area contributed by atoms with Crippen LogP contribution in [-0.4, -0.2) is 37.0 Å². The van der Waals surface area contributed by atoms with E-state index in [-0.39, 0.29) is 5.91 Å². The topological polar surface area (TPSA) is 32.3 Å². The number of carbonyl (C=O) groups is 1. The quantitative estimate of drug-likeness (QED) is 0.831. The minimum Gasteiger partial charge on any atom is -0.351 e. The van der Waals surface area contributed by atoms with Gasteiger partial charge in [0.1, 0.15) is 0 Å². The average molecular weight is 266 g/mol. The van der Waals surface area contributed by atoms with Crippen LogP contribution in [-0.2, 0) is 0 Å². The predicted molar refractivity (Wildman–Crippen MR) is 76.3 cm³/mol. The summed E-state index contributed by atoms with van der Waals surface area (Å²) in [5.74, 6) is 0.0757. The molecule has 1 fully saturated rings. The first-order valence-electron chi connectivity index (χ1n) is 6.83. The lowest BCUT2D eigenvalue weighted by Gasteiger charge is -2.26. The van der Waals surface area contributed by atoms with Crippen molar-refractivity contribution in [2.75, 3.05) is 26.2 Å². The number of carbonyl (C=O) groups excluding carboxylic acids is 1. The molecule has 1 aromatic heterocycles. The normalized spacial score (nSPS) is 16.7. The van der Waals surface area contributed by atoms with Crippen LogP contribution in [0.15, 0.2) is 12.1 Å². The zero-order valence-corrected chi connectivity index (χ0v) is 11.9. The summed E-state index contributed by atoms with van der Waals surface area (Å²) in [6.07, 6.45) is 5.10. The maximum absolute atomic E-state index is 11.8. The number of likely N-dealkylation sites (tertiary alicyclic amines) is 1. The summed E-state index contributed by atoms with van der Waals surface area (Å²) in [7, 11) is 0. The van der Waals surface area contributed by atoms with Gasteiger partial charge in [0.15, 0.2) is 0 Å². The van der Waals surface area contributed by atoms with Gasteiger partial charge in [0.2, 0.25) is 0 Å². The molecule has 2 rings (SSSR count). The summed E-state index contributed by atoms with van der Waals surface area (Å²) in [5.41, 5.74) is 0. The van der Waals surface area contributed by atoms with Crippen LogP contribution in [0.25, 0.3) is 0 Å². The van der Waals surface area contributed by atoms with Crippen LogP contribution in [0, 0.1) is 6.92 Å².